The molecule has 0 amide bonds. The third-order valence-corrected chi connectivity index (χ3v) is 3.30. The largest absolute Gasteiger partial charge is 0.355 e. The highest BCUT2D eigenvalue weighted by Crippen LogP contribution is 2.26. The Balaban J connectivity index is 2.79. The molecule has 0 unspecified atom stereocenters. The monoisotopic (exact) mass is 251 g/mol. The first-order valence-corrected chi connectivity index (χ1v) is 6.17. The number of hydrogen-bond donors (Lipinski definition) is 0. The maximum absolute atomic E-state index is 11.0. The van der Waals surface area contributed by atoms with Crippen LogP contribution >= 0.6 is 22.3 Å². The zero-order valence-electron chi connectivity index (χ0n) is 6.57. The summed E-state index contributed by atoms with van der Waals surface area (Å²) in [7, 11) is 1.41. The number of benzene rings is 1. The van der Waals surface area contributed by atoms with Gasteiger partial charge in [-0.3, -0.25) is 0 Å². The predicted octanol–water partition coefficient (Wildman–Crippen LogP) is 2.41. The standard InChI is InChI=1S/C7H3Cl2NO3S/c8-7-5-3-4(14(9,11)12)1-2-6(5)13-10-7/h1-3H. The Hall–Kier alpha value is -0.780. The van der Waals surface area contributed by atoms with Gasteiger partial charge in [0.25, 0.3) is 9.05 Å². The number of aromatic nitrogens is 1. The average molecular weight is 252 g/mol. The van der Waals surface area contributed by atoms with Crippen LogP contribution in [0.15, 0.2) is 27.6 Å². The van der Waals surface area contributed by atoms with Crippen molar-refractivity contribution in [1.82, 2.24) is 5.16 Å². The van der Waals surface area contributed by atoms with Crippen LogP contribution in [0.25, 0.3) is 11.0 Å². The first-order chi connectivity index (χ1) is 6.48. The van der Waals surface area contributed by atoms with Crippen molar-refractivity contribution in [2.24, 2.45) is 0 Å². The van der Waals surface area contributed by atoms with Gasteiger partial charge in [-0.1, -0.05) is 16.8 Å². The van der Waals surface area contributed by atoms with Gasteiger partial charge < -0.3 is 4.52 Å². The van der Waals surface area contributed by atoms with Gasteiger partial charge in [0.1, 0.15) is 0 Å². The van der Waals surface area contributed by atoms with Crippen molar-refractivity contribution in [2.75, 3.05) is 0 Å². The number of rotatable bonds is 1. The topological polar surface area (TPSA) is 60.2 Å². The molecule has 0 N–H and O–H groups in total. The molecule has 1 aromatic carbocycles. The van der Waals surface area contributed by atoms with Crippen molar-refractivity contribution < 1.29 is 12.9 Å². The molecule has 0 aliphatic carbocycles. The quantitative estimate of drug-likeness (QED) is 0.731. The van der Waals surface area contributed by atoms with Crippen LogP contribution in [0.4, 0.5) is 0 Å². The van der Waals surface area contributed by atoms with Gasteiger partial charge in [-0.2, -0.15) is 0 Å². The molecule has 14 heavy (non-hydrogen) atoms. The smallest absolute Gasteiger partial charge is 0.261 e. The Morgan fingerprint density at radius 2 is 2.07 bits per heavy atom. The number of hydrogen-bond acceptors (Lipinski definition) is 4. The van der Waals surface area contributed by atoms with Crippen molar-refractivity contribution >= 4 is 42.3 Å². The van der Waals surface area contributed by atoms with Crippen molar-refractivity contribution in [2.45, 2.75) is 4.90 Å². The molecule has 0 radical (unpaired) electrons. The van der Waals surface area contributed by atoms with Gasteiger partial charge in [-0.05, 0) is 18.2 Å². The maximum atomic E-state index is 11.0. The van der Waals surface area contributed by atoms with Crippen LogP contribution in [0.3, 0.4) is 0 Å². The van der Waals surface area contributed by atoms with Gasteiger partial charge >= 0.3 is 0 Å². The number of nitrogens with zero attached hydrogens (tertiary/aromatic N) is 1. The highest BCUT2D eigenvalue weighted by molar-refractivity contribution is 8.13. The summed E-state index contributed by atoms with van der Waals surface area (Å²) in [6.45, 7) is 0. The van der Waals surface area contributed by atoms with E-state index in [1.165, 1.54) is 18.2 Å². The van der Waals surface area contributed by atoms with Gasteiger partial charge in [0.2, 0.25) is 0 Å². The summed E-state index contributed by atoms with van der Waals surface area (Å²) in [5.74, 6) is 0. The van der Waals surface area contributed by atoms with Crippen LogP contribution in [-0.4, -0.2) is 13.6 Å². The van der Waals surface area contributed by atoms with Crippen molar-refractivity contribution in [3.05, 3.63) is 23.4 Å². The van der Waals surface area contributed by atoms with Gasteiger partial charge in [-0.15, -0.1) is 0 Å². The summed E-state index contributed by atoms with van der Waals surface area (Å²) in [5.41, 5.74) is 0.416. The lowest BCUT2D eigenvalue weighted by molar-refractivity contribution is 0.457. The van der Waals surface area contributed by atoms with Crippen LogP contribution in [0.1, 0.15) is 0 Å². The van der Waals surface area contributed by atoms with Crippen molar-refractivity contribution in [3.8, 4) is 0 Å². The molecule has 7 heteroatoms. The minimum absolute atomic E-state index is 0.0308. The summed E-state index contributed by atoms with van der Waals surface area (Å²) < 4.78 is 26.8. The van der Waals surface area contributed by atoms with E-state index in [1.807, 2.05) is 0 Å². The molecule has 0 saturated carbocycles. The van der Waals surface area contributed by atoms with E-state index < -0.39 is 9.05 Å². The van der Waals surface area contributed by atoms with Crippen LogP contribution < -0.4 is 0 Å². The molecule has 0 bridgehead atoms. The van der Waals surface area contributed by atoms with Crippen LogP contribution in [0, 0.1) is 0 Å². The van der Waals surface area contributed by atoms with E-state index >= 15 is 0 Å². The Kier molecular flexibility index (Phi) is 2.17. The van der Waals surface area contributed by atoms with Crippen LogP contribution in [-0.2, 0) is 9.05 Å². The molecule has 0 aliphatic rings. The lowest BCUT2D eigenvalue weighted by Gasteiger charge is -1.94. The molecule has 1 aromatic heterocycles. The van der Waals surface area contributed by atoms with Gasteiger partial charge in [0, 0.05) is 10.7 Å². The lowest BCUT2D eigenvalue weighted by Crippen LogP contribution is -1.88. The van der Waals surface area contributed by atoms with E-state index in [1.54, 1.807) is 0 Å². The normalized spacial score (nSPS) is 12.1. The lowest BCUT2D eigenvalue weighted by atomic mass is 10.3. The fourth-order valence-electron chi connectivity index (χ4n) is 1.04. The van der Waals surface area contributed by atoms with Gasteiger partial charge in [0.05, 0.1) is 10.3 Å². The molecule has 0 atom stereocenters. The molecule has 2 aromatic rings. The minimum Gasteiger partial charge on any atom is -0.355 e. The highest BCUT2D eigenvalue weighted by Gasteiger charge is 2.13. The summed E-state index contributed by atoms with van der Waals surface area (Å²) >= 11 is 5.65. The molecule has 2 rings (SSSR count). The van der Waals surface area contributed by atoms with E-state index in [0.717, 1.165) is 0 Å². The van der Waals surface area contributed by atoms with E-state index in [9.17, 15) is 8.42 Å². The van der Waals surface area contributed by atoms with Crippen molar-refractivity contribution in [1.29, 1.82) is 0 Å². The third kappa shape index (κ3) is 1.58. The first-order valence-electron chi connectivity index (χ1n) is 3.48. The van der Waals surface area contributed by atoms with Crippen LogP contribution in [0.2, 0.25) is 5.15 Å². The summed E-state index contributed by atoms with van der Waals surface area (Å²) in [4.78, 5) is -0.0308. The minimum atomic E-state index is -3.74. The fourth-order valence-corrected chi connectivity index (χ4v) is 2.00. The average Bonchev–Trinajstić information content (AvgIpc) is 2.46. The van der Waals surface area contributed by atoms with Gasteiger partial charge in [0.15, 0.2) is 10.7 Å². The molecular weight excluding hydrogens is 249 g/mol. The zero-order chi connectivity index (χ0) is 10.3. The molecule has 0 saturated heterocycles. The summed E-state index contributed by atoms with van der Waals surface area (Å²) in [6.07, 6.45) is 0. The Morgan fingerprint density at radius 1 is 1.36 bits per heavy atom. The molecule has 74 valence electrons. The molecule has 1 heterocycles. The zero-order valence-corrected chi connectivity index (χ0v) is 8.90. The Morgan fingerprint density at radius 3 is 2.71 bits per heavy atom. The second kappa shape index (κ2) is 3.12. The molecule has 0 spiro atoms. The summed E-state index contributed by atoms with van der Waals surface area (Å²) in [6, 6.07) is 4.09. The molecular formula is C7H3Cl2NO3S. The maximum Gasteiger partial charge on any atom is 0.261 e. The highest BCUT2D eigenvalue weighted by atomic mass is 35.7. The van der Waals surface area contributed by atoms with E-state index in [4.69, 9.17) is 26.8 Å². The third-order valence-electron chi connectivity index (χ3n) is 1.68. The number of halogens is 2. The van der Waals surface area contributed by atoms with Crippen molar-refractivity contribution in [3.63, 3.8) is 0 Å². The summed E-state index contributed by atoms with van der Waals surface area (Å²) in [5, 5.41) is 4.01. The SMILES string of the molecule is O=S(=O)(Cl)c1ccc2onc(Cl)c2c1. The fraction of sp³-hybridized carbons (Fsp3) is 0. The molecule has 4 nitrogen and oxygen atoms in total. The first kappa shape index (κ1) is 9.76. The van der Waals surface area contributed by atoms with E-state index in [0.29, 0.717) is 11.0 Å². The Labute approximate surface area is 88.8 Å². The predicted molar refractivity (Wildman–Crippen MR) is 52.1 cm³/mol. The van der Waals surface area contributed by atoms with E-state index in [-0.39, 0.29) is 10.0 Å². The molecule has 0 aliphatic heterocycles. The number of fused-ring (bicyclic) bond motifs is 1. The Bertz CT molecular complexity index is 590. The van der Waals surface area contributed by atoms with E-state index in [2.05, 4.69) is 5.16 Å². The van der Waals surface area contributed by atoms with Crippen LogP contribution in [0.5, 0.6) is 0 Å². The molecule has 0 fully saturated rings. The van der Waals surface area contributed by atoms with Gasteiger partial charge in [-0.25, -0.2) is 8.42 Å². The second-order valence-corrected chi connectivity index (χ2v) is 5.49. The second-order valence-electron chi connectivity index (χ2n) is 2.57.